The van der Waals surface area contributed by atoms with Crippen molar-refractivity contribution >= 4 is 17.9 Å². The van der Waals surface area contributed by atoms with Crippen LogP contribution in [-0.2, 0) is 0 Å². The van der Waals surface area contributed by atoms with Crippen LogP contribution >= 0.6 is 0 Å². The molecule has 13 heteroatoms. The maximum Gasteiger partial charge on any atom is 0.294 e. The van der Waals surface area contributed by atoms with Gasteiger partial charge >= 0.3 is 0 Å². The standard InChI is InChI=1S/C20H18N8O5/c1-31-13-7-3-5-11(9-13)16-15(23-27-28(16)19-18(21)25-33-26-19)20(30)24-22-10-12-6-4-8-14(32-2)17(12)29/h3-10,29H,1-2H3,(H2,21,25)(H,24,30)/b22-10+. The molecule has 168 valence electrons. The lowest BCUT2D eigenvalue weighted by Crippen LogP contribution is -2.19. The smallest absolute Gasteiger partial charge is 0.294 e. The third-order valence-corrected chi connectivity index (χ3v) is 4.54. The van der Waals surface area contributed by atoms with Crippen LogP contribution in [0, 0.1) is 0 Å². The van der Waals surface area contributed by atoms with Gasteiger partial charge in [-0.1, -0.05) is 23.4 Å². The lowest BCUT2D eigenvalue weighted by Gasteiger charge is -2.07. The van der Waals surface area contributed by atoms with Crippen LogP contribution < -0.4 is 20.6 Å². The Bertz CT molecular complexity index is 1330. The molecule has 4 N–H and O–H groups in total. The highest BCUT2D eigenvalue weighted by Crippen LogP contribution is 2.29. The second-order valence-corrected chi connectivity index (χ2v) is 6.50. The van der Waals surface area contributed by atoms with Gasteiger partial charge in [-0.3, -0.25) is 4.79 Å². The minimum absolute atomic E-state index is 0.0393. The minimum atomic E-state index is -0.673. The molecule has 4 rings (SSSR count). The van der Waals surface area contributed by atoms with E-state index >= 15 is 0 Å². The van der Waals surface area contributed by atoms with Gasteiger partial charge in [0.2, 0.25) is 11.6 Å². The molecule has 0 saturated carbocycles. The number of hydrogen-bond donors (Lipinski definition) is 3. The number of aromatic nitrogens is 5. The van der Waals surface area contributed by atoms with E-state index in [4.69, 9.17) is 15.2 Å². The van der Waals surface area contributed by atoms with Gasteiger partial charge in [0, 0.05) is 11.1 Å². The number of amides is 1. The molecule has 1 amide bonds. The Labute approximate surface area is 186 Å². The van der Waals surface area contributed by atoms with Crippen molar-refractivity contribution in [2.24, 2.45) is 5.10 Å². The van der Waals surface area contributed by atoms with E-state index in [1.54, 1.807) is 42.5 Å². The number of aromatic hydroxyl groups is 1. The summed E-state index contributed by atoms with van der Waals surface area (Å²) in [6, 6.07) is 11.8. The molecule has 4 aromatic rings. The number of anilines is 1. The fourth-order valence-electron chi connectivity index (χ4n) is 2.97. The maximum atomic E-state index is 12.9. The van der Waals surface area contributed by atoms with E-state index in [0.29, 0.717) is 16.9 Å². The van der Waals surface area contributed by atoms with Crippen molar-refractivity contribution in [3.8, 4) is 34.3 Å². The van der Waals surface area contributed by atoms with Crippen molar-refractivity contribution in [2.45, 2.75) is 0 Å². The van der Waals surface area contributed by atoms with E-state index in [0.717, 1.165) is 0 Å². The average Bonchev–Trinajstić information content (AvgIpc) is 3.46. The summed E-state index contributed by atoms with van der Waals surface area (Å²) < 4.78 is 16.2. The van der Waals surface area contributed by atoms with E-state index in [1.165, 1.54) is 25.1 Å². The van der Waals surface area contributed by atoms with Gasteiger partial charge in [-0.15, -0.1) is 5.10 Å². The predicted octanol–water partition coefficient (Wildman–Crippen LogP) is 1.39. The van der Waals surface area contributed by atoms with E-state index in [1.807, 2.05) is 0 Å². The first-order chi connectivity index (χ1) is 16.0. The van der Waals surface area contributed by atoms with Crippen LogP contribution in [-0.4, -0.2) is 56.8 Å². The fraction of sp³-hybridized carbons (Fsp3) is 0.100. The Morgan fingerprint density at radius 2 is 2.03 bits per heavy atom. The predicted molar refractivity (Wildman–Crippen MR) is 115 cm³/mol. The van der Waals surface area contributed by atoms with Gasteiger partial charge in [-0.2, -0.15) is 9.78 Å². The fourth-order valence-corrected chi connectivity index (χ4v) is 2.97. The quantitative estimate of drug-likeness (QED) is 0.275. The van der Waals surface area contributed by atoms with Crippen LogP contribution in [0.3, 0.4) is 0 Å². The van der Waals surface area contributed by atoms with Crippen LogP contribution in [0.5, 0.6) is 17.2 Å². The van der Waals surface area contributed by atoms with Gasteiger partial charge < -0.3 is 20.3 Å². The molecular weight excluding hydrogens is 432 g/mol. The number of hydrazone groups is 1. The van der Waals surface area contributed by atoms with Crippen molar-refractivity contribution in [3.63, 3.8) is 0 Å². The van der Waals surface area contributed by atoms with Crippen molar-refractivity contribution in [2.75, 3.05) is 20.0 Å². The summed E-state index contributed by atoms with van der Waals surface area (Å²) >= 11 is 0. The number of nitrogens with one attached hydrogen (secondary N) is 1. The number of benzene rings is 2. The highest BCUT2D eigenvalue weighted by molar-refractivity contribution is 5.99. The Balaban J connectivity index is 1.69. The summed E-state index contributed by atoms with van der Waals surface area (Å²) in [6.07, 6.45) is 1.27. The third kappa shape index (κ3) is 4.14. The largest absolute Gasteiger partial charge is 0.504 e. The number of ether oxygens (including phenoxy) is 2. The van der Waals surface area contributed by atoms with Gasteiger partial charge in [0.25, 0.3) is 5.91 Å². The van der Waals surface area contributed by atoms with Gasteiger partial charge in [0.05, 0.1) is 20.4 Å². The molecule has 0 spiro atoms. The maximum absolute atomic E-state index is 12.9. The summed E-state index contributed by atoms with van der Waals surface area (Å²) in [5.41, 5.74) is 9.24. The molecule has 0 atom stereocenters. The number of phenolic OH excluding ortho intramolecular Hbond substituents is 1. The van der Waals surface area contributed by atoms with Crippen molar-refractivity contribution in [1.29, 1.82) is 0 Å². The van der Waals surface area contributed by atoms with Gasteiger partial charge in [0.1, 0.15) is 11.4 Å². The number of nitrogens with two attached hydrogens (primary N) is 1. The normalized spacial score (nSPS) is 11.0. The number of carbonyl (C=O) groups excluding carboxylic acids is 1. The molecule has 0 saturated heterocycles. The first-order valence-electron chi connectivity index (χ1n) is 9.41. The molecule has 0 unspecified atom stereocenters. The molecule has 2 aromatic heterocycles. The monoisotopic (exact) mass is 450 g/mol. The van der Waals surface area contributed by atoms with Crippen LogP contribution in [0.2, 0.25) is 0 Å². The second-order valence-electron chi connectivity index (χ2n) is 6.50. The van der Waals surface area contributed by atoms with E-state index in [9.17, 15) is 9.90 Å². The zero-order valence-electron chi connectivity index (χ0n) is 17.5. The summed E-state index contributed by atoms with van der Waals surface area (Å²) in [5.74, 6) is 0.0474. The minimum Gasteiger partial charge on any atom is -0.504 e. The molecule has 33 heavy (non-hydrogen) atoms. The number of hydrogen-bond acceptors (Lipinski definition) is 11. The number of phenols is 1. The number of carbonyl (C=O) groups is 1. The van der Waals surface area contributed by atoms with E-state index < -0.39 is 5.91 Å². The molecule has 0 fully saturated rings. The van der Waals surface area contributed by atoms with Gasteiger partial charge in [0.15, 0.2) is 17.2 Å². The average molecular weight is 450 g/mol. The van der Waals surface area contributed by atoms with Crippen molar-refractivity contribution in [3.05, 3.63) is 53.7 Å². The number of nitrogen functional groups attached to an aromatic ring is 1. The first-order valence-corrected chi connectivity index (χ1v) is 9.41. The summed E-state index contributed by atoms with van der Waals surface area (Å²) in [5, 5.41) is 29.3. The van der Waals surface area contributed by atoms with Crippen LogP contribution in [0.4, 0.5) is 5.82 Å². The van der Waals surface area contributed by atoms with Crippen molar-refractivity contribution in [1.82, 2.24) is 30.7 Å². The summed E-state index contributed by atoms with van der Waals surface area (Å²) in [7, 11) is 2.95. The molecule has 0 aliphatic carbocycles. The molecule has 2 aromatic carbocycles. The Morgan fingerprint density at radius 3 is 2.76 bits per heavy atom. The van der Waals surface area contributed by atoms with E-state index in [-0.39, 0.29) is 34.5 Å². The van der Waals surface area contributed by atoms with Crippen LogP contribution in [0.1, 0.15) is 16.1 Å². The number of methoxy groups -OCH3 is 2. The van der Waals surface area contributed by atoms with Gasteiger partial charge in [-0.25, -0.2) is 10.1 Å². The Kier molecular flexibility index (Phi) is 5.84. The molecule has 0 radical (unpaired) electrons. The topological polar surface area (TPSA) is 176 Å². The lowest BCUT2D eigenvalue weighted by molar-refractivity contribution is 0.0950. The highest BCUT2D eigenvalue weighted by Gasteiger charge is 2.25. The number of para-hydroxylation sites is 1. The zero-order valence-corrected chi connectivity index (χ0v) is 17.5. The molecular formula is C20H18N8O5. The SMILES string of the molecule is COc1cccc(-c2c(C(=O)N/N=C/c3cccc(OC)c3O)nnn2-c2nonc2N)c1. The third-order valence-electron chi connectivity index (χ3n) is 4.54. The Hall–Kier alpha value is -4.94. The lowest BCUT2D eigenvalue weighted by atomic mass is 10.1. The molecule has 0 aliphatic rings. The molecule has 0 bridgehead atoms. The highest BCUT2D eigenvalue weighted by atomic mass is 16.6. The second kappa shape index (κ2) is 9.05. The van der Waals surface area contributed by atoms with Crippen LogP contribution in [0.15, 0.2) is 52.2 Å². The van der Waals surface area contributed by atoms with Crippen molar-refractivity contribution < 1.29 is 24.0 Å². The van der Waals surface area contributed by atoms with Gasteiger partial charge in [-0.05, 0) is 34.6 Å². The molecule has 13 nitrogen and oxygen atoms in total. The summed E-state index contributed by atoms with van der Waals surface area (Å²) in [6.45, 7) is 0. The van der Waals surface area contributed by atoms with Crippen LogP contribution in [0.25, 0.3) is 17.1 Å². The molecule has 0 aliphatic heterocycles. The first kappa shape index (κ1) is 21.3. The summed E-state index contributed by atoms with van der Waals surface area (Å²) in [4.78, 5) is 12.9. The van der Waals surface area contributed by atoms with E-state index in [2.05, 4.69) is 35.8 Å². The number of nitrogens with zero attached hydrogens (tertiary/aromatic N) is 6. The molecule has 2 heterocycles. The number of rotatable bonds is 7. The zero-order chi connectivity index (χ0) is 23.4. The Morgan fingerprint density at radius 1 is 1.21 bits per heavy atom.